The van der Waals surface area contributed by atoms with Gasteiger partial charge < -0.3 is 9.67 Å². The molecule has 2 aromatic heterocycles. The lowest BCUT2D eigenvalue weighted by atomic mass is 10.1. The van der Waals surface area contributed by atoms with E-state index in [-0.39, 0.29) is 6.61 Å². The van der Waals surface area contributed by atoms with Crippen LogP contribution in [0.1, 0.15) is 11.4 Å². The zero-order chi connectivity index (χ0) is 15.0. The van der Waals surface area contributed by atoms with Gasteiger partial charge in [-0.15, -0.1) is 0 Å². The van der Waals surface area contributed by atoms with Crippen molar-refractivity contribution in [1.29, 1.82) is 0 Å². The number of fused-ring (bicyclic) bond motifs is 1. The van der Waals surface area contributed by atoms with E-state index in [0.717, 1.165) is 17.0 Å². The molecule has 1 aromatic carbocycles. The summed E-state index contributed by atoms with van der Waals surface area (Å²) in [4.78, 5) is 13.2. The third-order valence-electron chi connectivity index (χ3n) is 3.37. The highest BCUT2D eigenvalue weighted by Gasteiger charge is 2.18. The van der Waals surface area contributed by atoms with Gasteiger partial charge in [-0.1, -0.05) is 35.9 Å². The Morgan fingerprint density at radius 3 is 2.62 bits per heavy atom. The number of benzene rings is 1. The lowest BCUT2D eigenvalue weighted by Gasteiger charge is -2.09. The minimum atomic E-state index is 0.00497. The van der Waals surface area contributed by atoms with Gasteiger partial charge in [0.25, 0.3) is 0 Å². The highest BCUT2D eigenvalue weighted by atomic mass is 35.5. The molecule has 0 aliphatic heterocycles. The quantitative estimate of drug-likeness (QED) is 0.756. The largest absolute Gasteiger partial charge is 0.395 e. The molecule has 0 bridgehead atoms. The molecule has 5 nitrogen and oxygen atoms in total. The number of aryl methyl sites for hydroxylation is 2. The normalized spacial score (nSPS) is 11.2. The monoisotopic (exact) mass is 302 g/mol. The van der Waals surface area contributed by atoms with Gasteiger partial charge in [-0.25, -0.2) is 15.0 Å². The first-order valence-corrected chi connectivity index (χ1v) is 7.07. The summed E-state index contributed by atoms with van der Waals surface area (Å²) in [5.74, 6) is 1.34. The van der Waals surface area contributed by atoms with Crippen LogP contribution in [0.15, 0.2) is 24.3 Å². The third kappa shape index (κ3) is 2.39. The first-order chi connectivity index (χ1) is 10.1. The molecular weight excluding hydrogens is 288 g/mol. The lowest BCUT2D eigenvalue weighted by molar-refractivity contribution is 0.278. The molecule has 3 rings (SSSR count). The van der Waals surface area contributed by atoms with E-state index in [1.54, 1.807) is 6.92 Å². The van der Waals surface area contributed by atoms with Gasteiger partial charge in [0, 0.05) is 12.1 Å². The summed E-state index contributed by atoms with van der Waals surface area (Å²) in [6.07, 6.45) is 0. The summed E-state index contributed by atoms with van der Waals surface area (Å²) in [6, 6.07) is 7.97. The van der Waals surface area contributed by atoms with Gasteiger partial charge in [0.1, 0.15) is 17.2 Å². The van der Waals surface area contributed by atoms with E-state index >= 15 is 0 Å². The Kier molecular flexibility index (Phi) is 3.61. The second kappa shape index (κ2) is 5.42. The molecule has 0 spiro atoms. The molecule has 0 radical (unpaired) electrons. The van der Waals surface area contributed by atoms with Crippen LogP contribution in [0.4, 0.5) is 0 Å². The average Bonchev–Trinajstić information content (AvgIpc) is 2.79. The maximum absolute atomic E-state index is 9.35. The van der Waals surface area contributed by atoms with Crippen LogP contribution >= 0.6 is 11.6 Å². The molecule has 0 fully saturated rings. The Labute approximate surface area is 127 Å². The van der Waals surface area contributed by atoms with Gasteiger partial charge in [-0.05, 0) is 19.4 Å². The number of halogens is 1. The van der Waals surface area contributed by atoms with E-state index < -0.39 is 0 Å². The second-order valence-electron chi connectivity index (χ2n) is 4.86. The molecule has 0 aliphatic rings. The van der Waals surface area contributed by atoms with Crippen LogP contribution < -0.4 is 0 Å². The van der Waals surface area contributed by atoms with Crippen LogP contribution in [-0.2, 0) is 6.54 Å². The standard InChI is InChI=1S/C15H15ClN4O/c1-9-5-3-4-6-11(9)14-19-12-13(16)17-10(2)18-15(12)20(14)7-8-21/h3-6,21H,7-8H2,1-2H3. The molecule has 0 saturated heterocycles. The van der Waals surface area contributed by atoms with Crippen molar-refractivity contribution in [3.63, 3.8) is 0 Å². The van der Waals surface area contributed by atoms with Crippen molar-refractivity contribution in [3.05, 3.63) is 40.8 Å². The predicted molar refractivity (Wildman–Crippen MR) is 82.3 cm³/mol. The summed E-state index contributed by atoms with van der Waals surface area (Å²) in [6.45, 7) is 4.23. The maximum Gasteiger partial charge on any atom is 0.165 e. The van der Waals surface area contributed by atoms with Gasteiger partial charge >= 0.3 is 0 Å². The maximum atomic E-state index is 9.35. The summed E-state index contributed by atoms with van der Waals surface area (Å²) in [5.41, 5.74) is 3.32. The molecule has 0 amide bonds. The highest BCUT2D eigenvalue weighted by Crippen LogP contribution is 2.28. The number of aliphatic hydroxyl groups is 1. The molecule has 0 aliphatic carbocycles. The third-order valence-corrected chi connectivity index (χ3v) is 3.64. The number of aromatic nitrogens is 4. The summed E-state index contributed by atoms with van der Waals surface area (Å²) >= 11 is 6.19. The number of hydrogen-bond acceptors (Lipinski definition) is 4. The zero-order valence-electron chi connectivity index (χ0n) is 11.8. The van der Waals surface area contributed by atoms with Crippen LogP contribution in [0.5, 0.6) is 0 Å². The SMILES string of the molecule is Cc1nc(Cl)c2nc(-c3ccccc3C)n(CCO)c2n1. The fraction of sp³-hybridized carbons (Fsp3) is 0.267. The Balaban J connectivity index is 2.35. The fourth-order valence-corrected chi connectivity index (χ4v) is 2.66. The van der Waals surface area contributed by atoms with Gasteiger partial charge in [0.2, 0.25) is 0 Å². The van der Waals surface area contributed by atoms with E-state index in [0.29, 0.717) is 28.7 Å². The summed E-state index contributed by atoms with van der Waals surface area (Å²) < 4.78 is 1.89. The molecule has 108 valence electrons. The molecule has 3 aromatic rings. The number of imidazole rings is 1. The molecule has 0 saturated carbocycles. The highest BCUT2D eigenvalue weighted by molar-refractivity contribution is 6.33. The second-order valence-corrected chi connectivity index (χ2v) is 5.22. The Morgan fingerprint density at radius 2 is 1.90 bits per heavy atom. The Morgan fingerprint density at radius 1 is 1.14 bits per heavy atom. The topological polar surface area (TPSA) is 63.8 Å². The van der Waals surface area contributed by atoms with E-state index in [4.69, 9.17) is 11.6 Å². The van der Waals surface area contributed by atoms with Crippen LogP contribution in [0.2, 0.25) is 5.15 Å². The number of hydrogen-bond donors (Lipinski definition) is 1. The first-order valence-electron chi connectivity index (χ1n) is 6.69. The van der Waals surface area contributed by atoms with Crippen molar-refractivity contribution >= 4 is 22.8 Å². The number of aliphatic hydroxyl groups excluding tert-OH is 1. The van der Waals surface area contributed by atoms with Crippen molar-refractivity contribution in [2.75, 3.05) is 6.61 Å². The zero-order valence-corrected chi connectivity index (χ0v) is 12.6. The van der Waals surface area contributed by atoms with Crippen LogP contribution in [-0.4, -0.2) is 31.2 Å². The average molecular weight is 303 g/mol. The van der Waals surface area contributed by atoms with Crippen molar-refractivity contribution < 1.29 is 5.11 Å². The minimum Gasteiger partial charge on any atom is -0.395 e. The minimum absolute atomic E-state index is 0.00497. The van der Waals surface area contributed by atoms with E-state index in [1.165, 1.54) is 0 Å². The van der Waals surface area contributed by atoms with E-state index in [1.807, 2.05) is 35.8 Å². The van der Waals surface area contributed by atoms with Crippen molar-refractivity contribution in [3.8, 4) is 11.4 Å². The molecule has 21 heavy (non-hydrogen) atoms. The van der Waals surface area contributed by atoms with Gasteiger partial charge in [0.15, 0.2) is 10.8 Å². The van der Waals surface area contributed by atoms with Crippen LogP contribution in [0, 0.1) is 13.8 Å². The lowest BCUT2D eigenvalue weighted by Crippen LogP contribution is -2.06. The van der Waals surface area contributed by atoms with Crippen LogP contribution in [0.3, 0.4) is 0 Å². The Hall–Kier alpha value is -1.98. The predicted octanol–water partition coefficient (Wildman–Crippen LogP) is 2.76. The van der Waals surface area contributed by atoms with Crippen molar-refractivity contribution in [2.45, 2.75) is 20.4 Å². The molecule has 2 heterocycles. The van der Waals surface area contributed by atoms with E-state index in [9.17, 15) is 5.11 Å². The molecule has 1 N–H and O–H groups in total. The number of rotatable bonds is 3. The van der Waals surface area contributed by atoms with Gasteiger partial charge in [-0.2, -0.15) is 0 Å². The Bertz CT molecular complexity index is 813. The molecule has 6 heteroatoms. The van der Waals surface area contributed by atoms with Gasteiger partial charge in [0.05, 0.1) is 6.61 Å². The van der Waals surface area contributed by atoms with Gasteiger partial charge in [-0.3, -0.25) is 0 Å². The van der Waals surface area contributed by atoms with E-state index in [2.05, 4.69) is 15.0 Å². The smallest absolute Gasteiger partial charge is 0.165 e. The van der Waals surface area contributed by atoms with Crippen molar-refractivity contribution in [2.24, 2.45) is 0 Å². The summed E-state index contributed by atoms with van der Waals surface area (Å²) in [7, 11) is 0. The molecular formula is C15H15ClN4O. The molecule has 0 unspecified atom stereocenters. The fourth-order valence-electron chi connectivity index (χ4n) is 2.41. The molecule has 0 atom stereocenters. The number of nitrogens with zero attached hydrogens (tertiary/aromatic N) is 4. The first kappa shape index (κ1) is 14.0. The van der Waals surface area contributed by atoms with Crippen LogP contribution in [0.25, 0.3) is 22.6 Å². The summed E-state index contributed by atoms with van der Waals surface area (Å²) in [5, 5.41) is 9.69. The van der Waals surface area contributed by atoms with Crippen molar-refractivity contribution in [1.82, 2.24) is 19.5 Å².